The lowest BCUT2D eigenvalue weighted by atomic mass is 9.96. The van der Waals surface area contributed by atoms with Crippen molar-refractivity contribution in [1.29, 1.82) is 0 Å². The molecule has 4 heteroatoms. The molecule has 4 nitrogen and oxygen atoms in total. The molecule has 0 saturated heterocycles. The minimum atomic E-state index is -0.834. The van der Waals surface area contributed by atoms with Gasteiger partial charge in [-0.3, -0.25) is 4.79 Å². The molecule has 1 aromatic carbocycles. The first-order chi connectivity index (χ1) is 7.59. The molecule has 1 heterocycles. The third-order valence-corrected chi connectivity index (χ3v) is 2.77. The molecule has 1 N–H and O–H groups in total. The maximum Gasteiger partial charge on any atom is 0.310 e. The van der Waals surface area contributed by atoms with Gasteiger partial charge in [0.1, 0.15) is 13.2 Å². The Morgan fingerprint density at radius 3 is 2.44 bits per heavy atom. The Labute approximate surface area is 93.8 Å². The van der Waals surface area contributed by atoms with Crippen LogP contribution in [-0.2, 0) is 4.79 Å². The molecule has 0 amide bonds. The average Bonchev–Trinajstić information content (AvgIpc) is 2.27. The van der Waals surface area contributed by atoms with E-state index in [9.17, 15) is 4.79 Å². The predicted molar refractivity (Wildman–Crippen MR) is 58.2 cm³/mol. The summed E-state index contributed by atoms with van der Waals surface area (Å²) < 4.78 is 10.9. The van der Waals surface area contributed by atoms with Crippen molar-refractivity contribution in [2.75, 3.05) is 13.2 Å². The molecule has 2 rings (SSSR count). The van der Waals surface area contributed by atoms with Crippen LogP contribution in [0.1, 0.15) is 24.0 Å². The Hall–Kier alpha value is -1.71. The fourth-order valence-corrected chi connectivity index (χ4v) is 1.81. The number of hydrogen-bond donors (Lipinski definition) is 1. The van der Waals surface area contributed by atoms with Crippen molar-refractivity contribution in [3.05, 3.63) is 23.3 Å². The highest BCUT2D eigenvalue weighted by molar-refractivity contribution is 5.76. The summed E-state index contributed by atoms with van der Waals surface area (Å²) in [4.78, 5) is 10.9. The number of aryl methyl sites for hydroxylation is 1. The van der Waals surface area contributed by atoms with Crippen LogP contribution in [0.4, 0.5) is 0 Å². The maximum absolute atomic E-state index is 10.9. The Morgan fingerprint density at radius 2 is 1.88 bits per heavy atom. The summed E-state index contributed by atoms with van der Waals surface area (Å²) >= 11 is 0. The zero-order valence-electron chi connectivity index (χ0n) is 9.32. The molecule has 1 aliphatic heterocycles. The van der Waals surface area contributed by atoms with Gasteiger partial charge in [-0.15, -0.1) is 0 Å². The second-order valence-corrected chi connectivity index (χ2v) is 3.91. The molecule has 16 heavy (non-hydrogen) atoms. The van der Waals surface area contributed by atoms with Crippen LogP contribution in [0.2, 0.25) is 0 Å². The zero-order chi connectivity index (χ0) is 11.7. The van der Waals surface area contributed by atoms with Crippen molar-refractivity contribution in [2.24, 2.45) is 0 Å². The van der Waals surface area contributed by atoms with Crippen molar-refractivity contribution in [1.82, 2.24) is 0 Å². The predicted octanol–water partition coefficient (Wildman–Crippen LogP) is 1.95. The lowest BCUT2D eigenvalue weighted by molar-refractivity contribution is -0.138. The van der Waals surface area contributed by atoms with Gasteiger partial charge in [-0.1, -0.05) is 0 Å². The van der Waals surface area contributed by atoms with Gasteiger partial charge in [0.15, 0.2) is 11.5 Å². The van der Waals surface area contributed by atoms with Crippen LogP contribution in [0.3, 0.4) is 0 Å². The molecule has 1 unspecified atom stereocenters. The first-order valence-electron chi connectivity index (χ1n) is 5.22. The van der Waals surface area contributed by atoms with E-state index in [-0.39, 0.29) is 0 Å². The topological polar surface area (TPSA) is 55.8 Å². The SMILES string of the molecule is Cc1cc2c(cc1C(C)C(=O)O)OCCO2. The summed E-state index contributed by atoms with van der Waals surface area (Å²) in [7, 11) is 0. The van der Waals surface area contributed by atoms with Crippen molar-refractivity contribution in [2.45, 2.75) is 19.8 Å². The lowest BCUT2D eigenvalue weighted by Crippen LogP contribution is -2.17. The maximum atomic E-state index is 10.9. The van der Waals surface area contributed by atoms with E-state index in [4.69, 9.17) is 14.6 Å². The quantitative estimate of drug-likeness (QED) is 0.831. The molecular formula is C12H14O4. The van der Waals surface area contributed by atoms with Crippen molar-refractivity contribution < 1.29 is 19.4 Å². The molecule has 0 saturated carbocycles. The summed E-state index contributed by atoms with van der Waals surface area (Å²) in [5, 5.41) is 8.99. The van der Waals surface area contributed by atoms with E-state index < -0.39 is 11.9 Å². The Bertz CT molecular complexity index is 425. The molecule has 0 radical (unpaired) electrons. The highest BCUT2D eigenvalue weighted by atomic mass is 16.6. The highest BCUT2D eigenvalue weighted by Crippen LogP contribution is 2.35. The van der Waals surface area contributed by atoms with Gasteiger partial charge < -0.3 is 14.6 Å². The van der Waals surface area contributed by atoms with Crippen LogP contribution < -0.4 is 9.47 Å². The van der Waals surface area contributed by atoms with Crippen LogP contribution in [0.5, 0.6) is 11.5 Å². The van der Waals surface area contributed by atoms with Crippen LogP contribution >= 0.6 is 0 Å². The number of carboxylic acids is 1. The number of benzene rings is 1. The summed E-state index contributed by atoms with van der Waals surface area (Å²) in [6, 6.07) is 3.60. The largest absolute Gasteiger partial charge is 0.486 e. The summed E-state index contributed by atoms with van der Waals surface area (Å²) in [6.07, 6.45) is 0. The van der Waals surface area contributed by atoms with Crippen molar-refractivity contribution >= 4 is 5.97 Å². The number of carbonyl (C=O) groups is 1. The van der Waals surface area contributed by atoms with Gasteiger partial charge in [-0.25, -0.2) is 0 Å². The Morgan fingerprint density at radius 1 is 1.31 bits per heavy atom. The average molecular weight is 222 g/mol. The molecule has 1 aliphatic rings. The zero-order valence-corrected chi connectivity index (χ0v) is 9.32. The molecule has 0 aliphatic carbocycles. The van der Waals surface area contributed by atoms with E-state index >= 15 is 0 Å². The number of fused-ring (bicyclic) bond motifs is 1. The normalized spacial score (nSPS) is 15.6. The second kappa shape index (κ2) is 4.04. The molecule has 0 bridgehead atoms. The van der Waals surface area contributed by atoms with Gasteiger partial charge in [0.05, 0.1) is 5.92 Å². The number of ether oxygens (including phenoxy) is 2. The van der Waals surface area contributed by atoms with Crippen molar-refractivity contribution in [3.63, 3.8) is 0 Å². The molecule has 0 spiro atoms. The Balaban J connectivity index is 2.43. The summed E-state index contributed by atoms with van der Waals surface area (Å²) in [5.74, 6) is -0.0272. The minimum Gasteiger partial charge on any atom is -0.486 e. The van der Waals surface area contributed by atoms with Gasteiger partial charge in [0, 0.05) is 0 Å². The van der Waals surface area contributed by atoms with Crippen molar-refractivity contribution in [3.8, 4) is 11.5 Å². The van der Waals surface area contributed by atoms with Gasteiger partial charge in [0.2, 0.25) is 0 Å². The fraction of sp³-hybridized carbons (Fsp3) is 0.417. The highest BCUT2D eigenvalue weighted by Gasteiger charge is 2.20. The Kier molecular flexibility index (Phi) is 2.73. The summed E-state index contributed by atoms with van der Waals surface area (Å²) in [6.45, 7) is 4.60. The molecule has 1 aromatic rings. The van der Waals surface area contributed by atoms with E-state index in [1.54, 1.807) is 13.0 Å². The standard InChI is InChI=1S/C12H14O4/c1-7-5-10-11(16-4-3-15-10)6-9(7)8(2)12(13)14/h5-6,8H,3-4H2,1-2H3,(H,13,14). The lowest BCUT2D eigenvalue weighted by Gasteiger charge is -2.21. The number of hydrogen-bond acceptors (Lipinski definition) is 3. The van der Waals surface area contributed by atoms with E-state index in [0.717, 1.165) is 11.1 Å². The molecule has 0 fully saturated rings. The minimum absolute atomic E-state index is 0.511. The third kappa shape index (κ3) is 1.83. The van der Waals surface area contributed by atoms with Crippen LogP contribution in [-0.4, -0.2) is 24.3 Å². The monoisotopic (exact) mass is 222 g/mol. The fourth-order valence-electron chi connectivity index (χ4n) is 1.81. The number of carboxylic acid groups (broad SMARTS) is 1. The first-order valence-corrected chi connectivity index (χ1v) is 5.22. The van der Waals surface area contributed by atoms with Crippen LogP contribution in [0, 0.1) is 6.92 Å². The molecule has 0 aromatic heterocycles. The first kappa shape index (κ1) is 10.8. The smallest absolute Gasteiger partial charge is 0.310 e. The molecular weight excluding hydrogens is 208 g/mol. The number of rotatable bonds is 2. The molecule has 1 atom stereocenters. The van der Waals surface area contributed by atoms with Gasteiger partial charge in [-0.2, -0.15) is 0 Å². The van der Waals surface area contributed by atoms with E-state index in [1.165, 1.54) is 0 Å². The number of aliphatic carboxylic acids is 1. The van der Waals surface area contributed by atoms with Gasteiger partial charge >= 0.3 is 5.97 Å². The molecule has 86 valence electrons. The van der Waals surface area contributed by atoms with E-state index in [1.807, 2.05) is 13.0 Å². The van der Waals surface area contributed by atoms with Crippen LogP contribution in [0.15, 0.2) is 12.1 Å². The second-order valence-electron chi connectivity index (χ2n) is 3.91. The van der Waals surface area contributed by atoms with E-state index in [0.29, 0.717) is 24.7 Å². The van der Waals surface area contributed by atoms with E-state index in [2.05, 4.69) is 0 Å². The van der Waals surface area contributed by atoms with Crippen LogP contribution in [0.25, 0.3) is 0 Å². The van der Waals surface area contributed by atoms with Gasteiger partial charge in [-0.05, 0) is 37.1 Å². The van der Waals surface area contributed by atoms with Gasteiger partial charge in [0.25, 0.3) is 0 Å². The summed E-state index contributed by atoms with van der Waals surface area (Å²) in [5.41, 5.74) is 1.69. The third-order valence-electron chi connectivity index (χ3n) is 2.77.